The topological polar surface area (TPSA) is 75.6 Å². The molecule has 0 fully saturated rings. The molecule has 36 heavy (non-hydrogen) atoms. The maximum Gasteiger partial charge on any atom is 0.407 e. The number of nitrogens with one attached hydrogen (secondary N) is 1. The van der Waals surface area contributed by atoms with Gasteiger partial charge in [0.25, 0.3) is 0 Å². The third-order valence-corrected chi connectivity index (χ3v) is 6.89. The minimum absolute atomic E-state index is 0.0868. The summed E-state index contributed by atoms with van der Waals surface area (Å²) in [5, 5.41) is 12.4. The van der Waals surface area contributed by atoms with Crippen molar-refractivity contribution in [3.8, 4) is 22.3 Å². The van der Waals surface area contributed by atoms with E-state index in [1.807, 2.05) is 91.9 Å². The second-order valence-corrected chi connectivity index (χ2v) is 9.02. The molecule has 0 aliphatic heterocycles. The van der Waals surface area contributed by atoms with Crippen LogP contribution in [0, 0.1) is 6.92 Å². The highest BCUT2D eigenvalue weighted by Gasteiger charge is 2.30. The van der Waals surface area contributed by atoms with Crippen LogP contribution in [0.4, 0.5) is 4.79 Å². The van der Waals surface area contributed by atoms with Crippen molar-refractivity contribution in [1.29, 1.82) is 0 Å². The number of hydrogen-bond donors (Lipinski definition) is 2. The van der Waals surface area contributed by atoms with E-state index in [1.54, 1.807) is 0 Å². The number of benzene rings is 4. The van der Waals surface area contributed by atoms with Gasteiger partial charge in [0.05, 0.1) is 0 Å². The van der Waals surface area contributed by atoms with Crippen LogP contribution in [-0.2, 0) is 16.0 Å². The zero-order valence-electron chi connectivity index (χ0n) is 20.0. The lowest BCUT2D eigenvalue weighted by Crippen LogP contribution is -2.43. The Bertz CT molecular complexity index is 1370. The van der Waals surface area contributed by atoms with Crippen molar-refractivity contribution in [2.24, 2.45) is 0 Å². The van der Waals surface area contributed by atoms with Crippen LogP contribution < -0.4 is 5.32 Å². The maximum atomic E-state index is 12.7. The van der Waals surface area contributed by atoms with Crippen molar-refractivity contribution in [2.75, 3.05) is 6.61 Å². The van der Waals surface area contributed by atoms with E-state index >= 15 is 0 Å². The van der Waals surface area contributed by atoms with E-state index < -0.39 is 18.1 Å². The SMILES string of the molecule is Cc1c(C[C@H](NC(=O)OCC2c3ccccc3-c3ccccc32)C(=O)O)cccc1-c1ccccc1. The molecular weight excluding hydrogens is 450 g/mol. The molecule has 5 heteroatoms. The Kier molecular flexibility index (Phi) is 6.54. The van der Waals surface area contributed by atoms with Gasteiger partial charge in [0, 0.05) is 12.3 Å². The highest BCUT2D eigenvalue weighted by Crippen LogP contribution is 2.44. The first kappa shape index (κ1) is 23.4. The lowest BCUT2D eigenvalue weighted by atomic mass is 9.93. The molecule has 0 saturated heterocycles. The van der Waals surface area contributed by atoms with Crippen LogP contribution in [0.25, 0.3) is 22.3 Å². The van der Waals surface area contributed by atoms with Crippen LogP contribution in [0.15, 0.2) is 97.1 Å². The van der Waals surface area contributed by atoms with Crippen LogP contribution in [0.5, 0.6) is 0 Å². The van der Waals surface area contributed by atoms with Crippen molar-refractivity contribution in [3.63, 3.8) is 0 Å². The number of rotatable bonds is 7. The van der Waals surface area contributed by atoms with E-state index in [2.05, 4.69) is 17.4 Å². The molecule has 0 radical (unpaired) electrons. The quantitative estimate of drug-likeness (QED) is 0.332. The first-order valence-electron chi connectivity index (χ1n) is 12.0. The highest BCUT2D eigenvalue weighted by molar-refractivity contribution is 5.81. The molecule has 1 atom stereocenters. The molecule has 0 unspecified atom stereocenters. The Hall–Kier alpha value is -4.38. The number of carbonyl (C=O) groups is 2. The van der Waals surface area contributed by atoms with Gasteiger partial charge in [0.1, 0.15) is 12.6 Å². The van der Waals surface area contributed by atoms with E-state index in [1.165, 1.54) is 0 Å². The first-order valence-corrected chi connectivity index (χ1v) is 12.0. The lowest BCUT2D eigenvalue weighted by molar-refractivity contribution is -0.139. The van der Waals surface area contributed by atoms with Crippen molar-refractivity contribution in [3.05, 3.63) is 119 Å². The van der Waals surface area contributed by atoms with E-state index in [9.17, 15) is 14.7 Å². The molecule has 1 aliphatic rings. The number of amides is 1. The Labute approximate surface area is 210 Å². The minimum atomic E-state index is -1.11. The van der Waals surface area contributed by atoms with Gasteiger partial charge >= 0.3 is 12.1 Å². The first-order chi connectivity index (χ1) is 17.5. The molecule has 0 spiro atoms. The summed E-state index contributed by atoms with van der Waals surface area (Å²) in [7, 11) is 0. The van der Waals surface area contributed by atoms with E-state index in [-0.39, 0.29) is 18.9 Å². The third kappa shape index (κ3) is 4.60. The van der Waals surface area contributed by atoms with Crippen molar-refractivity contribution >= 4 is 12.1 Å². The van der Waals surface area contributed by atoms with Gasteiger partial charge in [-0.15, -0.1) is 0 Å². The molecular formula is C31H27NO4. The van der Waals surface area contributed by atoms with E-state index in [0.29, 0.717) is 0 Å². The van der Waals surface area contributed by atoms with Gasteiger partial charge in [-0.25, -0.2) is 9.59 Å². The van der Waals surface area contributed by atoms with Gasteiger partial charge < -0.3 is 15.2 Å². The molecule has 4 aromatic rings. The minimum Gasteiger partial charge on any atom is -0.480 e. The summed E-state index contributed by atoms with van der Waals surface area (Å²) >= 11 is 0. The summed E-state index contributed by atoms with van der Waals surface area (Å²) in [5.41, 5.74) is 8.45. The van der Waals surface area contributed by atoms with Crippen molar-refractivity contribution in [1.82, 2.24) is 5.32 Å². The maximum absolute atomic E-state index is 12.7. The number of ether oxygens (including phenoxy) is 1. The van der Waals surface area contributed by atoms with Crippen LogP contribution in [0.3, 0.4) is 0 Å². The molecule has 0 heterocycles. The Morgan fingerprint density at radius 2 is 1.39 bits per heavy atom. The molecule has 5 nitrogen and oxygen atoms in total. The number of carboxylic acid groups (broad SMARTS) is 1. The summed E-state index contributed by atoms with van der Waals surface area (Å²) in [4.78, 5) is 24.7. The van der Waals surface area contributed by atoms with Gasteiger partial charge in [0.15, 0.2) is 0 Å². The molecule has 0 saturated carbocycles. The van der Waals surface area contributed by atoms with Crippen LogP contribution >= 0.6 is 0 Å². The number of carboxylic acids is 1. The molecule has 2 N–H and O–H groups in total. The Balaban J connectivity index is 1.28. The summed E-state index contributed by atoms with van der Waals surface area (Å²) in [5.74, 6) is -1.19. The van der Waals surface area contributed by atoms with Gasteiger partial charge in [-0.3, -0.25) is 0 Å². The summed E-state index contributed by atoms with van der Waals surface area (Å²) in [6.07, 6.45) is -0.576. The van der Waals surface area contributed by atoms with E-state index in [0.717, 1.165) is 44.5 Å². The molecule has 5 rings (SSSR count). The predicted molar refractivity (Wildman–Crippen MR) is 140 cm³/mol. The van der Waals surface area contributed by atoms with Crippen LogP contribution in [0.1, 0.15) is 28.2 Å². The molecule has 0 aromatic heterocycles. The van der Waals surface area contributed by atoms with Gasteiger partial charge in [0.2, 0.25) is 0 Å². The number of alkyl carbamates (subject to hydrolysis) is 1. The van der Waals surface area contributed by atoms with Gasteiger partial charge in [-0.2, -0.15) is 0 Å². The van der Waals surface area contributed by atoms with Crippen LogP contribution in [0.2, 0.25) is 0 Å². The zero-order chi connectivity index (χ0) is 25.1. The van der Waals surface area contributed by atoms with Crippen molar-refractivity contribution < 1.29 is 19.4 Å². The number of hydrogen-bond acceptors (Lipinski definition) is 3. The van der Waals surface area contributed by atoms with Crippen LogP contribution in [-0.4, -0.2) is 29.8 Å². The smallest absolute Gasteiger partial charge is 0.407 e. The Morgan fingerprint density at radius 1 is 0.806 bits per heavy atom. The lowest BCUT2D eigenvalue weighted by Gasteiger charge is -2.19. The van der Waals surface area contributed by atoms with E-state index in [4.69, 9.17) is 4.74 Å². The highest BCUT2D eigenvalue weighted by atomic mass is 16.5. The third-order valence-electron chi connectivity index (χ3n) is 6.89. The fourth-order valence-corrected chi connectivity index (χ4v) is 5.04. The average molecular weight is 478 g/mol. The molecule has 1 aliphatic carbocycles. The van der Waals surface area contributed by atoms with Gasteiger partial charge in [-0.1, -0.05) is 97.1 Å². The number of carbonyl (C=O) groups excluding carboxylic acids is 1. The number of aliphatic carboxylic acids is 1. The summed E-state index contributed by atoms with van der Waals surface area (Å²) in [6.45, 7) is 2.11. The summed E-state index contributed by atoms with van der Waals surface area (Å²) < 4.78 is 5.57. The van der Waals surface area contributed by atoms with Crippen molar-refractivity contribution in [2.45, 2.75) is 25.3 Å². The zero-order valence-corrected chi connectivity index (χ0v) is 20.0. The molecule has 180 valence electrons. The average Bonchev–Trinajstić information content (AvgIpc) is 3.22. The summed E-state index contributed by atoms with van der Waals surface area (Å²) in [6, 6.07) is 30.9. The predicted octanol–water partition coefficient (Wildman–Crippen LogP) is 6.20. The second kappa shape index (κ2) is 10.1. The second-order valence-electron chi connectivity index (χ2n) is 9.02. The fourth-order valence-electron chi connectivity index (χ4n) is 5.04. The largest absolute Gasteiger partial charge is 0.480 e. The fraction of sp³-hybridized carbons (Fsp3) is 0.161. The molecule has 4 aromatic carbocycles. The normalized spacial score (nSPS) is 12.9. The standard InChI is InChI=1S/C31H27NO4/c1-20-22(12-9-17-23(20)21-10-3-2-4-11-21)18-29(30(33)34)32-31(35)36-19-28-26-15-7-5-13-24(26)25-14-6-8-16-27(25)28/h2-17,28-29H,18-19H2,1H3,(H,32,35)(H,33,34)/t29-/m0/s1. The van der Waals surface area contributed by atoms with Gasteiger partial charge in [-0.05, 0) is 51.4 Å². The molecule has 0 bridgehead atoms. The molecule has 1 amide bonds. The monoisotopic (exact) mass is 477 g/mol. The Morgan fingerprint density at radius 3 is 2.03 bits per heavy atom. The number of fused-ring (bicyclic) bond motifs is 3.